The molecule has 1 heterocycles. The number of nitrogens with one attached hydrogen (secondary N) is 2. The lowest BCUT2D eigenvalue weighted by molar-refractivity contribution is -0.121. The van der Waals surface area contributed by atoms with Crippen LogP contribution in [-0.2, 0) is 11.3 Å². The molecule has 2 bridgehead atoms. The van der Waals surface area contributed by atoms with Crippen molar-refractivity contribution in [3.63, 3.8) is 0 Å². The van der Waals surface area contributed by atoms with E-state index in [2.05, 4.69) is 76.7 Å². The summed E-state index contributed by atoms with van der Waals surface area (Å²) in [5, 5.41) is 10.9. The SMILES string of the molecule is C[C@@H]1[C@H]2C[C@@H](C[C@H]1Nc1cnn(CC(=O)NCC(c3ccccc3)c3ccccc3)c(=O)c1Br)C2(C)C. The van der Waals surface area contributed by atoms with Gasteiger partial charge in [0.1, 0.15) is 11.0 Å². The highest BCUT2D eigenvalue weighted by Crippen LogP contribution is 2.61. The highest BCUT2D eigenvalue weighted by atomic mass is 79.9. The number of anilines is 1. The molecule has 4 atom stereocenters. The lowest BCUT2D eigenvalue weighted by Gasteiger charge is -2.62. The fraction of sp³-hybridized carbons (Fsp3) is 0.433. The summed E-state index contributed by atoms with van der Waals surface area (Å²) >= 11 is 3.47. The molecule has 3 saturated carbocycles. The van der Waals surface area contributed by atoms with Crippen LogP contribution >= 0.6 is 15.9 Å². The van der Waals surface area contributed by atoms with Crippen molar-refractivity contribution in [3.8, 4) is 0 Å². The number of hydrogen-bond donors (Lipinski definition) is 2. The van der Waals surface area contributed by atoms with Gasteiger partial charge in [0.25, 0.3) is 5.56 Å². The Hall–Kier alpha value is -2.93. The van der Waals surface area contributed by atoms with Gasteiger partial charge in [-0.2, -0.15) is 5.10 Å². The molecular formula is C30H35BrN4O2. The number of benzene rings is 2. The summed E-state index contributed by atoms with van der Waals surface area (Å²) in [5.41, 5.74) is 3.05. The number of nitrogens with zero attached hydrogens (tertiary/aromatic N) is 2. The van der Waals surface area contributed by atoms with Gasteiger partial charge in [0.15, 0.2) is 0 Å². The monoisotopic (exact) mass is 562 g/mol. The zero-order valence-corrected chi connectivity index (χ0v) is 23.2. The largest absolute Gasteiger partial charge is 0.380 e. The molecule has 7 heteroatoms. The minimum Gasteiger partial charge on any atom is -0.380 e. The summed E-state index contributed by atoms with van der Waals surface area (Å²) in [6, 6.07) is 20.6. The first-order valence-corrected chi connectivity index (χ1v) is 13.9. The second kappa shape index (κ2) is 10.4. The Labute approximate surface area is 227 Å². The Morgan fingerprint density at radius 1 is 1.08 bits per heavy atom. The second-order valence-corrected chi connectivity index (χ2v) is 12.0. The van der Waals surface area contributed by atoms with Crippen LogP contribution in [0.3, 0.4) is 0 Å². The van der Waals surface area contributed by atoms with Crippen molar-refractivity contribution < 1.29 is 4.79 Å². The zero-order chi connectivity index (χ0) is 26.2. The third-order valence-electron chi connectivity index (χ3n) is 8.88. The van der Waals surface area contributed by atoms with Gasteiger partial charge in [-0.15, -0.1) is 0 Å². The van der Waals surface area contributed by atoms with E-state index in [1.165, 1.54) is 11.1 Å². The first-order chi connectivity index (χ1) is 17.8. The van der Waals surface area contributed by atoms with E-state index in [-0.39, 0.29) is 23.9 Å². The Kier molecular flexibility index (Phi) is 7.26. The second-order valence-electron chi connectivity index (χ2n) is 11.2. The van der Waals surface area contributed by atoms with Crippen LogP contribution in [0.5, 0.6) is 0 Å². The first-order valence-electron chi connectivity index (χ1n) is 13.1. The normalized spacial score (nSPS) is 23.8. The molecule has 0 aliphatic heterocycles. The molecule has 194 valence electrons. The maximum absolute atomic E-state index is 13.0. The predicted octanol–water partition coefficient (Wildman–Crippen LogP) is 5.44. The Morgan fingerprint density at radius 3 is 2.27 bits per heavy atom. The molecular weight excluding hydrogens is 528 g/mol. The zero-order valence-electron chi connectivity index (χ0n) is 21.7. The van der Waals surface area contributed by atoms with Gasteiger partial charge < -0.3 is 10.6 Å². The molecule has 2 aromatic carbocycles. The maximum Gasteiger partial charge on any atom is 0.283 e. The summed E-state index contributed by atoms with van der Waals surface area (Å²) < 4.78 is 1.64. The molecule has 0 unspecified atom stereocenters. The number of carbonyl (C=O) groups is 1. The van der Waals surface area contributed by atoms with E-state index < -0.39 is 0 Å². The summed E-state index contributed by atoms with van der Waals surface area (Å²) in [4.78, 5) is 25.9. The predicted molar refractivity (Wildman–Crippen MR) is 151 cm³/mol. The lowest BCUT2D eigenvalue weighted by Crippen LogP contribution is -2.58. The highest BCUT2D eigenvalue weighted by Gasteiger charge is 2.56. The van der Waals surface area contributed by atoms with Gasteiger partial charge in [-0.25, -0.2) is 4.68 Å². The standard InChI is InChI=1S/C30H35BrN4O2/c1-19-24-14-22(30(24,2)3)15-25(19)34-26-17-33-35(29(37)28(26)31)18-27(36)32-16-23(20-10-6-4-7-11-20)21-12-8-5-9-13-21/h4-13,17,19,22-25,34H,14-16,18H2,1-3H3,(H,32,36)/t19-,22+,24-,25-/m1/s1. The summed E-state index contributed by atoms with van der Waals surface area (Å²) in [7, 11) is 0. The molecule has 3 aromatic rings. The van der Waals surface area contributed by atoms with Crippen molar-refractivity contribution in [2.45, 2.75) is 52.1 Å². The molecule has 0 spiro atoms. The molecule has 2 N–H and O–H groups in total. The van der Waals surface area contributed by atoms with E-state index >= 15 is 0 Å². The van der Waals surface area contributed by atoms with Crippen molar-refractivity contribution in [1.29, 1.82) is 0 Å². The number of aromatic nitrogens is 2. The smallest absolute Gasteiger partial charge is 0.283 e. The van der Waals surface area contributed by atoms with Gasteiger partial charge in [0.05, 0.1) is 11.9 Å². The molecule has 1 amide bonds. The van der Waals surface area contributed by atoms with Crippen LogP contribution in [0, 0.1) is 23.2 Å². The number of carbonyl (C=O) groups excluding carboxylic acids is 1. The van der Waals surface area contributed by atoms with E-state index in [0.717, 1.165) is 23.5 Å². The van der Waals surface area contributed by atoms with Gasteiger partial charge in [-0.3, -0.25) is 9.59 Å². The van der Waals surface area contributed by atoms with Gasteiger partial charge in [-0.05, 0) is 63.1 Å². The van der Waals surface area contributed by atoms with Crippen LogP contribution in [0.4, 0.5) is 5.69 Å². The Bertz CT molecular complexity index is 1270. The summed E-state index contributed by atoms with van der Waals surface area (Å²) in [6.07, 6.45) is 4.07. The van der Waals surface area contributed by atoms with Crippen LogP contribution in [0.15, 0.2) is 76.1 Å². The Balaban J connectivity index is 1.23. The number of hydrogen-bond acceptors (Lipinski definition) is 4. The molecule has 1 aromatic heterocycles. The quantitative estimate of drug-likeness (QED) is 0.383. The molecule has 6 nitrogen and oxygen atoms in total. The van der Waals surface area contributed by atoms with Crippen molar-refractivity contribution in [1.82, 2.24) is 15.1 Å². The lowest BCUT2D eigenvalue weighted by atomic mass is 9.45. The van der Waals surface area contributed by atoms with E-state index in [0.29, 0.717) is 40.0 Å². The number of halogens is 1. The minimum atomic E-state index is -0.309. The van der Waals surface area contributed by atoms with Crippen LogP contribution in [0.2, 0.25) is 0 Å². The third-order valence-corrected chi connectivity index (χ3v) is 9.65. The van der Waals surface area contributed by atoms with Gasteiger partial charge in [0.2, 0.25) is 5.91 Å². The summed E-state index contributed by atoms with van der Waals surface area (Å²) in [5.74, 6) is 1.72. The third kappa shape index (κ3) is 5.11. The fourth-order valence-corrected chi connectivity index (χ4v) is 6.85. The molecule has 37 heavy (non-hydrogen) atoms. The molecule has 0 radical (unpaired) electrons. The van der Waals surface area contributed by atoms with Crippen LogP contribution < -0.4 is 16.2 Å². The van der Waals surface area contributed by atoms with Gasteiger partial charge in [0, 0.05) is 18.5 Å². The molecule has 3 aliphatic carbocycles. The fourth-order valence-electron chi connectivity index (χ4n) is 6.43. The van der Waals surface area contributed by atoms with Crippen LogP contribution in [0.25, 0.3) is 0 Å². The van der Waals surface area contributed by atoms with Crippen molar-refractivity contribution >= 4 is 27.5 Å². The molecule has 3 fully saturated rings. The van der Waals surface area contributed by atoms with Crippen molar-refractivity contribution in [2.24, 2.45) is 23.2 Å². The summed E-state index contributed by atoms with van der Waals surface area (Å²) in [6.45, 7) is 7.37. The number of amides is 1. The number of rotatable bonds is 8. The van der Waals surface area contributed by atoms with E-state index in [1.54, 1.807) is 6.20 Å². The average Bonchev–Trinajstić information content (AvgIpc) is 2.90. The molecule has 6 rings (SSSR count). The average molecular weight is 564 g/mol. The van der Waals surface area contributed by atoms with E-state index in [4.69, 9.17) is 0 Å². The van der Waals surface area contributed by atoms with Gasteiger partial charge >= 0.3 is 0 Å². The Morgan fingerprint density at radius 2 is 1.70 bits per heavy atom. The van der Waals surface area contributed by atoms with E-state index in [9.17, 15) is 9.59 Å². The van der Waals surface area contributed by atoms with E-state index in [1.807, 2.05) is 36.4 Å². The highest BCUT2D eigenvalue weighted by molar-refractivity contribution is 9.10. The topological polar surface area (TPSA) is 76.0 Å². The molecule has 3 aliphatic rings. The molecule has 0 saturated heterocycles. The van der Waals surface area contributed by atoms with Crippen molar-refractivity contribution in [3.05, 3.63) is 92.8 Å². The number of fused-ring (bicyclic) bond motifs is 2. The maximum atomic E-state index is 13.0. The first kappa shape index (κ1) is 25.7. The minimum absolute atomic E-state index is 0.0167. The van der Waals surface area contributed by atoms with Crippen molar-refractivity contribution in [2.75, 3.05) is 11.9 Å². The van der Waals surface area contributed by atoms with Crippen LogP contribution in [0.1, 0.15) is 50.7 Å². The van der Waals surface area contributed by atoms with Gasteiger partial charge in [-0.1, -0.05) is 81.4 Å². The van der Waals surface area contributed by atoms with Crippen LogP contribution in [-0.4, -0.2) is 28.3 Å².